The number of nitrogens with zero attached hydrogens (tertiary/aromatic N) is 1. The molecule has 0 unspecified atom stereocenters. The molecule has 1 heterocycles. The fourth-order valence-electron chi connectivity index (χ4n) is 2.56. The van der Waals surface area contributed by atoms with Crippen molar-refractivity contribution in [2.45, 2.75) is 13.3 Å². The third-order valence-corrected chi connectivity index (χ3v) is 3.70. The summed E-state index contributed by atoms with van der Waals surface area (Å²) in [6, 6.07) is 15.2. The van der Waals surface area contributed by atoms with E-state index >= 15 is 0 Å². The molecule has 122 valence electrons. The molecule has 5 nitrogen and oxygen atoms in total. The van der Waals surface area contributed by atoms with Crippen LogP contribution in [0.5, 0.6) is 5.75 Å². The molecule has 2 aromatic carbocycles. The summed E-state index contributed by atoms with van der Waals surface area (Å²) < 4.78 is 5.28. The van der Waals surface area contributed by atoms with E-state index in [4.69, 9.17) is 4.74 Å². The largest absolute Gasteiger partial charge is 0.496 e. The van der Waals surface area contributed by atoms with Crippen molar-refractivity contribution in [1.82, 2.24) is 9.97 Å². The summed E-state index contributed by atoms with van der Waals surface area (Å²) in [6.07, 6.45) is 2.04. The summed E-state index contributed by atoms with van der Waals surface area (Å²) in [6.45, 7) is 1.91. The molecular formula is C19H19N3O2. The quantitative estimate of drug-likeness (QED) is 0.755. The highest BCUT2D eigenvalue weighted by Gasteiger charge is 2.09. The number of carbonyl (C=O) groups is 1. The molecule has 3 aromatic rings. The Morgan fingerprint density at radius 1 is 1.21 bits per heavy atom. The van der Waals surface area contributed by atoms with E-state index in [2.05, 4.69) is 15.3 Å². The smallest absolute Gasteiger partial charge is 0.228 e. The van der Waals surface area contributed by atoms with Gasteiger partial charge in [0.15, 0.2) is 0 Å². The van der Waals surface area contributed by atoms with Gasteiger partial charge in [0, 0.05) is 16.8 Å². The molecule has 0 aliphatic rings. The maximum Gasteiger partial charge on any atom is 0.228 e. The second-order valence-electron chi connectivity index (χ2n) is 5.50. The third kappa shape index (κ3) is 3.63. The molecule has 2 N–H and O–H groups in total. The molecule has 0 spiro atoms. The highest BCUT2D eigenvalue weighted by atomic mass is 16.5. The number of benzene rings is 2. The van der Waals surface area contributed by atoms with Crippen LogP contribution in [0.3, 0.4) is 0 Å². The molecule has 1 amide bonds. The molecule has 0 saturated heterocycles. The molecule has 0 atom stereocenters. The highest BCUT2D eigenvalue weighted by Crippen LogP contribution is 2.22. The fourth-order valence-corrected chi connectivity index (χ4v) is 2.56. The predicted octanol–water partition coefficient (Wildman–Crippen LogP) is 3.57. The molecule has 0 bridgehead atoms. The Labute approximate surface area is 140 Å². The van der Waals surface area contributed by atoms with Crippen molar-refractivity contribution in [3.63, 3.8) is 0 Å². The summed E-state index contributed by atoms with van der Waals surface area (Å²) in [7, 11) is 1.60. The van der Waals surface area contributed by atoms with E-state index < -0.39 is 0 Å². The molecular weight excluding hydrogens is 302 g/mol. The summed E-state index contributed by atoms with van der Waals surface area (Å²) in [4.78, 5) is 19.7. The number of aromatic nitrogens is 2. The van der Waals surface area contributed by atoms with Gasteiger partial charge < -0.3 is 15.0 Å². The van der Waals surface area contributed by atoms with Gasteiger partial charge >= 0.3 is 0 Å². The van der Waals surface area contributed by atoms with E-state index in [1.54, 1.807) is 13.3 Å². The maximum atomic E-state index is 12.3. The fraction of sp³-hybridized carbons (Fsp3) is 0.158. The molecule has 0 aliphatic carbocycles. The van der Waals surface area contributed by atoms with Crippen LogP contribution in [-0.4, -0.2) is 23.0 Å². The van der Waals surface area contributed by atoms with Crippen LogP contribution < -0.4 is 10.1 Å². The van der Waals surface area contributed by atoms with E-state index in [0.29, 0.717) is 5.75 Å². The third-order valence-electron chi connectivity index (χ3n) is 3.70. The molecule has 5 heteroatoms. The number of carbonyl (C=O) groups excluding carboxylic acids is 1. The summed E-state index contributed by atoms with van der Waals surface area (Å²) in [5.74, 6) is 1.49. The number of imidazole rings is 1. The van der Waals surface area contributed by atoms with Crippen LogP contribution in [0, 0.1) is 6.92 Å². The van der Waals surface area contributed by atoms with Crippen molar-refractivity contribution >= 4 is 11.6 Å². The topological polar surface area (TPSA) is 67.0 Å². The van der Waals surface area contributed by atoms with Crippen molar-refractivity contribution in [1.29, 1.82) is 0 Å². The minimum absolute atomic E-state index is 0.0857. The predicted molar refractivity (Wildman–Crippen MR) is 94.1 cm³/mol. The maximum absolute atomic E-state index is 12.3. The molecule has 0 radical (unpaired) electrons. The molecule has 3 rings (SSSR count). The lowest BCUT2D eigenvalue weighted by atomic mass is 10.1. The number of methoxy groups -OCH3 is 1. The number of ether oxygens (including phenoxy) is 1. The normalized spacial score (nSPS) is 10.4. The van der Waals surface area contributed by atoms with Crippen LogP contribution in [0.4, 0.5) is 5.69 Å². The van der Waals surface area contributed by atoms with Gasteiger partial charge in [-0.1, -0.05) is 30.3 Å². The number of amides is 1. The second-order valence-corrected chi connectivity index (χ2v) is 5.50. The van der Waals surface area contributed by atoms with Crippen molar-refractivity contribution in [3.8, 4) is 17.0 Å². The van der Waals surface area contributed by atoms with Gasteiger partial charge in [0.2, 0.25) is 5.91 Å². The Kier molecular flexibility index (Phi) is 4.61. The SMILES string of the molecule is COc1ccccc1CC(=O)Nc1cccc(-c2cnc(C)[nH]2)c1. The molecule has 24 heavy (non-hydrogen) atoms. The Morgan fingerprint density at radius 2 is 2.04 bits per heavy atom. The van der Waals surface area contributed by atoms with Crippen LogP contribution in [0.2, 0.25) is 0 Å². The van der Waals surface area contributed by atoms with Crippen LogP contribution in [-0.2, 0) is 11.2 Å². The van der Waals surface area contributed by atoms with Crippen molar-refractivity contribution in [2.75, 3.05) is 12.4 Å². The number of para-hydroxylation sites is 1. The number of rotatable bonds is 5. The average Bonchev–Trinajstić information content (AvgIpc) is 3.02. The standard InChI is InChI=1S/C19H19N3O2/c1-13-20-12-17(21-13)14-7-5-8-16(10-14)22-19(23)11-15-6-3-4-9-18(15)24-2/h3-10,12H,11H2,1-2H3,(H,20,21)(H,22,23). The zero-order chi connectivity index (χ0) is 16.9. The lowest BCUT2D eigenvalue weighted by molar-refractivity contribution is -0.115. The molecule has 0 fully saturated rings. The lowest BCUT2D eigenvalue weighted by Gasteiger charge is -2.09. The molecule has 1 aromatic heterocycles. The summed E-state index contributed by atoms with van der Waals surface area (Å²) in [5, 5.41) is 2.93. The van der Waals surface area contributed by atoms with Crippen LogP contribution in [0.25, 0.3) is 11.3 Å². The van der Waals surface area contributed by atoms with Crippen molar-refractivity contribution in [3.05, 3.63) is 66.1 Å². The van der Waals surface area contributed by atoms with Gasteiger partial charge in [-0.05, 0) is 25.1 Å². The van der Waals surface area contributed by atoms with Crippen LogP contribution in [0.15, 0.2) is 54.7 Å². The Bertz CT molecular complexity index is 855. The van der Waals surface area contributed by atoms with Gasteiger partial charge in [0.05, 0.1) is 25.4 Å². The molecule has 0 aliphatic heterocycles. The number of nitrogens with one attached hydrogen (secondary N) is 2. The zero-order valence-electron chi connectivity index (χ0n) is 13.7. The van der Waals surface area contributed by atoms with Gasteiger partial charge in [-0.15, -0.1) is 0 Å². The van der Waals surface area contributed by atoms with E-state index in [-0.39, 0.29) is 12.3 Å². The molecule has 0 saturated carbocycles. The number of H-pyrrole nitrogens is 1. The zero-order valence-corrected chi connectivity index (χ0v) is 13.7. The van der Waals surface area contributed by atoms with Gasteiger partial charge in [-0.25, -0.2) is 4.98 Å². The van der Waals surface area contributed by atoms with Crippen LogP contribution >= 0.6 is 0 Å². The number of aromatic amines is 1. The van der Waals surface area contributed by atoms with Gasteiger partial charge in [-0.3, -0.25) is 4.79 Å². The minimum atomic E-state index is -0.0857. The number of aryl methyl sites for hydroxylation is 1. The highest BCUT2D eigenvalue weighted by molar-refractivity contribution is 5.93. The van der Waals surface area contributed by atoms with Crippen LogP contribution in [0.1, 0.15) is 11.4 Å². The lowest BCUT2D eigenvalue weighted by Crippen LogP contribution is -2.14. The second kappa shape index (κ2) is 7.00. The van der Waals surface area contributed by atoms with E-state index in [9.17, 15) is 4.79 Å². The average molecular weight is 321 g/mol. The monoisotopic (exact) mass is 321 g/mol. The van der Waals surface area contributed by atoms with Gasteiger partial charge in [-0.2, -0.15) is 0 Å². The first-order valence-electron chi connectivity index (χ1n) is 7.69. The first kappa shape index (κ1) is 15.8. The number of anilines is 1. The summed E-state index contributed by atoms with van der Waals surface area (Å²) in [5.41, 5.74) is 3.51. The number of hydrogen-bond acceptors (Lipinski definition) is 3. The Balaban J connectivity index is 1.73. The first-order chi connectivity index (χ1) is 11.7. The van der Waals surface area contributed by atoms with E-state index in [0.717, 1.165) is 28.3 Å². The van der Waals surface area contributed by atoms with Gasteiger partial charge in [0.25, 0.3) is 0 Å². The Morgan fingerprint density at radius 3 is 2.79 bits per heavy atom. The van der Waals surface area contributed by atoms with Crippen molar-refractivity contribution in [2.24, 2.45) is 0 Å². The summed E-state index contributed by atoms with van der Waals surface area (Å²) >= 11 is 0. The minimum Gasteiger partial charge on any atom is -0.496 e. The van der Waals surface area contributed by atoms with Crippen molar-refractivity contribution < 1.29 is 9.53 Å². The van der Waals surface area contributed by atoms with E-state index in [1.807, 2.05) is 55.5 Å². The number of hydrogen-bond donors (Lipinski definition) is 2. The van der Waals surface area contributed by atoms with E-state index in [1.165, 1.54) is 0 Å². The first-order valence-corrected chi connectivity index (χ1v) is 7.69. The van der Waals surface area contributed by atoms with Gasteiger partial charge in [0.1, 0.15) is 11.6 Å². The Hall–Kier alpha value is -3.08.